The lowest BCUT2D eigenvalue weighted by Crippen LogP contribution is -3.06. The quantitative estimate of drug-likeness (QED) is 0.571. The normalized spacial score (nSPS) is 19.8. The minimum Gasteiger partial charge on any atom is -0.463 e. The van der Waals surface area contributed by atoms with Gasteiger partial charge in [-0.1, -0.05) is 0 Å². The number of fused-ring (bicyclic) bond motifs is 1. The summed E-state index contributed by atoms with van der Waals surface area (Å²) < 4.78 is 0. The van der Waals surface area contributed by atoms with Crippen LogP contribution < -0.4 is 15.5 Å². The highest BCUT2D eigenvalue weighted by Crippen LogP contribution is 2.18. The van der Waals surface area contributed by atoms with Gasteiger partial charge in [0.15, 0.2) is 0 Å². The van der Waals surface area contributed by atoms with Crippen molar-refractivity contribution in [2.24, 2.45) is 0 Å². The van der Waals surface area contributed by atoms with E-state index in [2.05, 4.69) is 17.0 Å². The van der Waals surface area contributed by atoms with Crippen LogP contribution in [0.2, 0.25) is 0 Å². The van der Waals surface area contributed by atoms with Crippen molar-refractivity contribution in [3.8, 4) is 0 Å². The number of rotatable bonds is 1. The lowest BCUT2D eigenvalue weighted by Gasteiger charge is -2.28. The van der Waals surface area contributed by atoms with E-state index in [9.17, 15) is 0 Å². The average Bonchev–Trinajstić information content (AvgIpc) is 2.16. The van der Waals surface area contributed by atoms with Crippen LogP contribution >= 0.6 is 0 Å². The van der Waals surface area contributed by atoms with E-state index in [1.54, 1.807) is 0 Å². The van der Waals surface area contributed by atoms with Crippen molar-refractivity contribution in [3.05, 3.63) is 18.3 Å². The molecule has 15 heavy (non-hydrogen) atoms. The van der Waals surface area contributed by atoms with Gasteiger partial charge in [0.05, 0.1) is 13.1 Å². The van der Waals surface area contributed by atoms with E-state index in [-0.39, 0.29) is 0 Å². The van der Waals surface area contributed by atoms with Gasteiger partial charge in [0.1, 0.15) is 11.5 Å². The van der Waals surface area contributed by atoms with E-state index in [0.717, 1.165) is 30.8 Å². The summed E-state index contributed by atoms with van der Waals surface area (Å²) in [5.41, 5.74) is 8.07. The van der Waals surface area contributed by atoms with Crippen LogP contribution in [0, 0.1) is 7.05 Å². The molecule has 2 rings (SSSR count). The summed E-state index contributed by atoms with van der Waals surface area (Å²) in [6.07, 6.45) is 0.924. The molecule has 0 saturated heterocycles. The van der Waals surface area contributed by atoms with Gasteiger partial charge in [-0.3, -0.25) is 0 Å². The SMILES string of the molecule is [CH2-][NH+]1CCc2c(N)nc(N(C)C)nc2C1. The first kappa shape index (κ1) is 10.2. The third kappa shape index (κ3) is 1.87. The molecule has 1 atom stereocenters. The van der Waals surface area contributed by atoms with E-state index >= 15 is 0 Å². The summed E-state index contributed by atoms with van der Waals surface area (Å²) in [4.78, 5) is 11.9. The Kier molecular flexibility index (Phi) is 2.48. The molecule has 0 radical (unpaired) electrons. The summed E-state index contributed by atoms with van der Waals surface area (Å²) in [5, 5.41) is 0. The standard InChI is InChI=1S/C10H17N5/c1-14(2)10-12-8-6-15(3)5-4-7(8)9(11)13-10/h15H,3-6H2,1-2H3,(H2,11,12,13). The molecule has 5 heteroatoms. The van der Waals surface area contributed by atoms with Gasteiger partial charge < -0.3 is 15.5 Å². The molecule has 2 heterocycles. The first-order valence-electron chi connectivity index (χ1n) is 5.07. The van der Waals surface area contributed by atoms with Crippen molar-refractivity contribution in [1.82, 2.24) is 9.97 Å². The maximum Gasteiger partial charge on any atom is 0.227 e. The number of nitrogen functional groups attached to an aromatic ring is 1. The zero-order valence-corrected chi connectivity index (χ0v) is 9.25. The summed E-state index contributed by atoms with van der Waals surface area (Å²) in [6.45, 7) is 1.84. The fourth-order valence-electron chi connectivity index (χ4n) is 1.78. The number of hydrogen-bond acceptors (Lipinski definition) is 4. The van der Waals surface area contributed by atoms with Crippen LogP contribution in [0.3, 0.4) is 0 Å². The van der Waals surface area contributed by atoms with Crippen LogP contribution in [0.1, 0.15) is 11.3 Å². The molecule has 0 aliphatic carbocycles. The number of nitrogens with one attached hydrogen (secondary N) is 1. The predicted molar refractivity (Wildman–Crippen MR) is 59.4 cm³/mol. The molecule has 0 fully saturated rings. The Morgan fingerprint density at radius 1 is 1.40 bits per heavy atom. The Hall–Kier alpha value is -1.36. The van der Waals surface area contributed by atoms with Gasteiger partial charge >= 0.3 is 0 Å². The number of hydrogen-bond donors (Lipinski definition) is 2. The Morgan fingerprint density at radius 3 is 2.80 bits per heavy atom. The molecule has 1 aliphatic heterocycles. The van der Waals surface area contributed by atoms with E-state index < -0.39 is 0 Å². The highest BCUT2D eigenvalue weighted by atomic mass is 15.2. The molecule has 1 aromatic heterocycles. The Balaban J connectivity index is 2.44. The Labute approximate surface area is 89.9 Å². The molecule has 0 spiro atoms. The highest BCUT2D eigenvalue weighted by Gasteiger charge is 2.19. The molecular weight excluding hydrogens is 190 g/mol. The fourth-order valence-corrected chi connectivity index (χ4v) is 1.78. The molecular formula is C10H17N5. The van der Waals surface area contributed by atoms with Crippen LogP contribution in [0.4, 0.5) is 11.8 Å². The Morgan fingerprint density at radius 2 is 2.13 bits per heavy atom. The number of quaternary nitrogens is 1. The van der Waals surface area contributed by atoms with Crippen LogP contribution in [-0.2, 0) is 13.0 Å². The zero-order chi connectivity index (χ0) is 11.0. The molecule has 1 unspecified atom stereocenters. The summed E-state index contributed by atoms with van der Waals surface area (Å²) >= 11 is 0. The fraction of sp³-hybridized carbons (Fsp3) is 0.500. The zero-order valence-electron chi connectivity index (χ0n) is 9.25. The van der Waals surface area contributed by atoms with Crippen molar-refractivity contribution >= 4 is 11.8 Å². The summed E-state index contributed by atoms with van der Waals surface area (Å²) in [6, 6.07) is 0. The van der Waals surface area contributed by atoms with Gasteiger partial charge in [-0.25, -0.2) is 4.98 Å². The van der Waals surface area contributed by atoms with E-state index in [4.69, 9.17) is 5.73 Å². The number of nitrogens with zero attached hydrogens (tertiary/aromatic N) is 3. The van der Waals surface area contributed by atoms with Gasteiger partial charge in [-0.05, 0) is 0 Å². The van der Waals surface area contributed by atoms with Crippen LogP contribution in [-0.4, -0.2) is 30.6 Å². The van der Waals surface area contributed by atoms with Crippen LogP contribution in [0.5, 0.6) is 0 Å². The van der Waals surface area contributed by atoms with Crippen molar-refractivity contribution in [1.29, 1.82) is 0 Å². The van der Waals surface area contributed by atoms with E-state index in [0.29, 0.717) is 11.8 Å². The Bertz CT molecular complexity index is 374. The smallest absolute Gasteiger partial charge is 0.227 e. The average molecular weight is 207 g/mol. The van der Waals surface area contributed by atoms with Gasteiger partial charge in [0, 0.05) is 26.1 Å². The second-order valence-electron chi connectivity index (χ2n) is 4.16. The molecule has 5 nitrogen and oxygen atoms in total. The topological polar surface area (TPSA) is 59.5 Å². The van der Waals surface area contributed by atoms with Crippen LogP contribution in [0.15, 0.2) is 0 Å². The van der Waals surface area contributed by atoms with Gasteiger partial charge in [-0.2, -0.15) is 12.0 Å². The lowest BCUT2D eigenvalue weighted by atomic mass is 10.1. The van der Waals surface area contributed by atoms with Crippen LogP contribution in [0.25, 0.3) is 0 Å². The van der Waals surface area contributed by atoms with Gasteiger partial charge in [-0.15, -0.1) is 0 Å². The molecule has 1 aromatic rings. The summed E-state index contributed by atoms with van der Waals surface area (Å²) in [7, 11) is 7.83. The largest absolute Gasteiger partial charge is 0.463 e. The minimum absolute atomic E-state index is 0.621. The molecule has 82 valence electrons. The number of nitrogens with two attached hydrogens (primary N) is 1. The molecule has 0 saturated carbocycles. The monoisotopic (exact) mass is 207 g/mol. The molecule has 0 aromatic carbocycles. The number of anilines is 2. The van der Waals surface area contributed by atoms with Crippen molar-refractivity contribution in [3.63, 3.8) is 0 Å². The minimum atomic E-state index is 0.621. The van der Waals surface area contributed by atoms with Crippen molar-refractivity contribution in [2.45, 2.75) is 13.0 Å². The molecule has 0 amide bonds. The third-order valence-corrected chi connectivity index (χ3v) is 2.66. The molecule has 1 aliphatic rings. The van der Waals surface area contributed by atoms with Crippen molar-refractivity contribution in [2.75, 3.05) is 31.3 Å². The highest BCUT2D eigenvalue weighted by molar-refractivity contribution is 5.48. The second kappa shape index (κ2) is 3.66. The first-order valence-corrected chi connectivity index (χ1v) is 5.07. The third-order valence-electron chi connectivity index (χ3n) is 2.66. The van der Waals surface area contributed by atoms with Gasteiger partial charge in [0.25, 0.3) is 0 Å². The predicted octanol–water partition coefficient (Wildman–Crippen LogP) is -1.14. The first-order chi connectivity index (χ1) is 7.08. The molecule has 3 N–H and O–H groups in total. The van der Waals surface area contributed by atoms with Gasteiger partial charge in [0.2, 0.25) is 5.95 Å². The maximum atomic E-state index is 5.92. The summed E-state index contributed by atoms with van der Waals surface area (Å²) in [5.74, 6) is 1.30. The number of aromatic nitrogens is 2. The van der Waals surface area contributed by atoms with Crippen molar-refractivity contribution < 1.29 is 4.90 Å². The lowest BCUT2D eigenvalue weighted by molar-refractivity contribution is -0.870. The van der Waals surface area contributed by atoms with E-state index in [1.165, 1.54) is 4.90 Å². The maximum absolute atomic E-state index is 5.92. The van der Waals surface area contributed by atoms with E-state index in [1.807, 2.05) is 19.0 Å². The molecule has 0 bridgehead atoms. The second-order valence-corrected chi connectivity index (χ2v) is 4.16.